The molecule has 2 atom stereocenters. The van der Waals surface area contributed by atoms with E-state index >= 15 is 0 Å². The number of hydrogen-bond acceptors (Lipinski definition) is 4. The molecule has 2 N–H and O–H groups in total. The van der Waals surface area contributed by atoms with Gasteiger partial charge in [0.15, 0.2) is 11.5 Å². The summed E-state index contributed by atoms with van der Waals surface area (Å²) >= 11 is 0. The van der Waals surface area contributed by atoms with Gasteiger partial charge in [0.25, 0.3) is 5.91 Å². The Bertz CT molecular complexity index is 601. The number of carboxylic acid groups (broad SMARTS) is 1. The quantitative estimate of drug-likeness (QED) is 0.669. The molecule has 0 aliphatic heterocycles. The van der Waals surface area contributed by atoms with Crippen molar-refractivity contribution in [3.05, 3.63) is 23.8 Å². The van der Waals surface area contributed by atoms with E-state index in [4.69, 9.17) is 14.6 Å². The van der Waals surface area contributed by atoms with Crippen LogP contribution in [0.2, 0.25) is 0 Å². The van der Waals surface area contributed by atoms with Crippen molar-refractivity contribution in [1.29, 1.82) is 0 Å². The monoisotopic (exact) mass is 349 g/mol. The Morgan fingerprint density at radius 2 is 2.00 bits per heavy atom. The van der Waals surface area contributed by atoms with Crippen molar-refractivity contribution in [3.8, 4) is 11.5 Å². The lowest BCUT2D eigenvalue weighted by atomic mass is 10.1. The third-order valence-corrected chi connectivity index (χ3v) is 4.38. The van der Waals surface area contributed by atoms with E-state index in [0.29, 0.717) is 49.5 Å². The summed E-state index contributed by atoms with van der Waals surface area (Å²) in [5.74, 6) is -0.167. The minimum absolute atomic E-state index is 0.0929. The van der Waals surface area contributed by atoms with E-state index in [1.165, 1.54) is 0 Å². The van der Waals surface area contributed by atoms with E-state index in [9.17, 15) is 9.59 Å². The van der Waals surface area contributed by atoms with Gasteiger partial charge in [0.05, 0.1) is 19.1 Å². The molecule has 25 heavy (non-hydrogen) atoms. The number of carbonyl (C=O) groups is 2. The molecule has 0 unspecified atom stereocenters. The summed E-state index contributed by atoms with van der Waals surface area (Å²) in [5.41, 5.74) is 0.491. The number of rotatable bonds is 9. The zero-order valence-corrected chi connectivity index (χ0v) is 14.9. The second-order valence-electron chi connectivity index (χ2n) is 6.32. The van der Waals surface area contributed by atoms with E-state index in [-0.39, 0.29) is 17.9 Å². The predicted octanol–water partition coefficient (Wildman–Crippen LogP) is 3.25. The van der Waals surface area contributed by atoms with Gasteiger partial charge in [0.2, 0.25) is 0 Å². The van der Waals surface area contributed by atoms with E-state index < -0.39 is 5.97 Å². The molecule has 138 valence electrons. The first-order valence-electron chi connectivity index (χ1n) is 8.98. The van der Waals surface area contributed by atoms with E-state index in [2.05, 4.69) is 12.2 Å². The molecule has 1 fully saturated rings. The van der Waals surface area contributed by atoms with Crippen LogP contribution >= 0.6 is 0 Å². The van der Waals surface area contributed by atoms with E-state index in [1.54, 1.807) is 18.2 Å². The first kappa shape index (κ1) is 19.1. The van der Waals surface area contributed by atoms with Gasteiger partial charge in [-0.05, 0) is 50.8 Å². The smallest absolute Gasteiger partial charge is 0.306 e. The Balaban J connectivity index is 2.01. The van der Waals surface area contributed by atoms with Crippen LogP contribution in [0.15, 0.2) is 18.2 Å². The summed E-state index contributed by atoms with van der Waals surface area (Å²) in [6, 6.07) is 5.06. The number of ether oxygens (including phenoxy) is 2. The second kappa shape index (κ2) is 9.30. The average molecular weight is 349 g/mol. The minimum Gasteiger partial charge on any atom is -0.490 e. The van der Waals surface area contributed by atoms with Gasteiger partial charge in [-0.1, -0.05) is 13.3 Å². The maximum Gasteiger partial charge on any atom is 0.306 e. The number of amides is 1. The van der Waals surface area contributed by atoms with Crippen LogP contribution in [0, 0.1) is 5.92 Å². The number of unbranched alkanes of at least 4 members (excludes halogenated alkanes) is 1. The summed E-state index contributed by atoms with van der Waals surface area (Å²) in [6.07, 6.45) is 3.79. The Morgan fingerprint density at radius 3 is 2.64 bits per heavy atom. The van der Waals surface area contributed by atoms with Gasteiger partial charge >= 0.3 is 5.97 Å². The fourth-order valence-electron chi connectivity index (χ4n) is 2.97. The number of carboxylic acids is 1. The molecule has 1 aromatic rings. The highest BCUT2D eigenvalue weighted by molar-refractivity contribution is 5.95. The molecule has 1 amide bonds. The van der Waals surface area contributed by atoms with Gasteiger partial charge in [0, 0.05) is 11.6 Å². The van der Waals surface area contributed by atoms with Crippen LogP contribution in [0.25, 0.3) is 0 Å². The molecule has 0 spiro atoms. The van der Waals surface area contributed by atoms with Crippen LogP contribution < -0.4 is 14.8 Å². The first-order chi connectivity index (χ1) is 12.0. The SMILES string of the molecule is CCCCOc1ccc(C(=O)N[C@@H]2CC[C@H](C(=O)O)C2)cc1OCC. The summed E-state index contributed by atoms with van der Waals surface area (Å²) in [7, 11) is 0. The van der Waals surface area contributed by atoms with Crippen LogP contribution in [-0.4, -0.2) is 36.2 Å². The third kappa shape index (κ3) is 5.37. The Labute approximate surface area is 148 Å². The highest BCUT2D eigenvalue weighted by Crippen LogP contribution is 2.30. The molecule has 0 aromatic heterocycles. The molecule has 1 aliphatic carbocycles. The molecule has 1 aromatic carbocycles. The Kier molecular flexibility index (Phi) is 7.10. The standard InChI is InChI=1S/C19H27NO5/c1-3-5-10-25-16-9-7-13(12-17(16)24-4-2)18(21)20-15-8-6-14(11-15)19(22)23/h7,9,12,14-15H,3-6,8,10-11H2,1-2H3,(H,20,21)(H,22,23)/t14-,15+/m0/s1. The number of aliphatic carboxylic acids is 1. The lowest BCUT2D eigenvalue weighted by Crippen LogP contribution is -2.33. The van der Waals surface area contributed by atoms with Crippen LogP contribution in [0.4, 0.5) is 0 Å². The highest BCUT2D eigenvalue weighted by Gasteiger charge is 2.30. The normalized spacial score (nSPS) is 19.4. The Hall–Kier alpha value is -2.24. The van der Waals surface area contributed by atoms with Gasteiger partial charge in [-0.2, -0.15) is 0 Å². The molecule has 1 aliphatic rings. The van der Waals surface area contributed by atoms with Gasteiger partial charge in [-0.25, -0.2) is 0 Å². The zero-order chi connectivity index (χ0) is 18.2. The molecule has 0 radical (unpaired) electrons. The number of benzene rings is 1. The van der Waals surface area contributed by atoms with Gasteiger partial charge in [0.1, 0.15) is 0 Å². The summed E-state index contributed by atoms with van der Waals surface area (Å²) in [4.78, 5) is 23.5. The summed E-state index contributed by atoms with van der Waals surface area (Å²) in [6.45, 7) is 5.07. The number of hydrogen-bond donors (Lipinski definition) is 2. The molecule has 0 heterocycles. The molecular formula is C19H27NO5. The van der Waals surface area contributed by atoms with Gasteiger partial charge < -0.3 is 19.9 Å². The predicted molar refractivity (Wildman–Crippen MR) is 94.2 cm³/mol. The van der Waals surface area contributed by atoms with E-state index in [0.717, 1.165) is 12.8 Å². The molecular weight excluding hydrogens is 322 g/mol. The lowest BCUT2D eigenvalue weighted by molar-refractivity contribution is -0.141. The third-order valence-electron chi connectivity index (χ3n) is 4.38. The fourth-order valence-corrected chi connectivity index (χ4v) is 2.97. The van der Waals surface area contributed by atoms with Crippen molar-refractivity contribution >= 4 is 11.9 Å². The molecule has 6 nitrogen and oxygen atoms in total. The van der Waals surface area contributed by atoms with Crippen molar-refractivity contribution in [2.75, 3.05) is 13.2 Å². The van der Waals surface area contributed by atoms with Crippen LogP contribution in [0.5, 0.6) is 11.5 Å². The topological polar surface area (TPSA) is 84.9 Å². The minimum atomic E-state index is -0.788. The molecule has 0 saturated heterocycles. The van der Waals surface area contributed by atoms with Crippen LogP contribution in [0.1, 0.15) is 56.3 Å². The molecule has 2 rings (SSSR count). The van der Waals surface area contributed by atoms with Crippen molar-refractivity contribution in [2.24, 2.45) is 5.92 Å². The largest absolute Gasteiger partial charge is 0.490 e. The maximum absolute atomic E-state index is 12.5. The van der Waals surface area contributed by atoms with Crippen molar-refractivity contribution < 1.29 is 24.2 Å². The van der Waals surface area contributed by atoms with Crippen molar-refractivity contribution in [2.45, 2.75) is 52.0 Å². The summed E-state index contributed by atoms with van der Waals surface area (Å²) in [5, 5.41) is 12.0. The zero-order valence-electron chi connectivity index (χ0n) is 14.9. The van der Waals surface area contributed by atoms with Gasteiger partial charge in [-0.15, -0.1) is 0 Å². The highest BCUT2D eigenvalue weighted by atomic mass is 16.5. The van der Waals surface area contributed by atoms with Crippen LogP contribution in [0.3, 0.4) is 0 Å². The molecule has 0 bridgehead atoms. The second-order valence-corrected chi connectivity index (χ2v) is 6.32. The number of carbonyl (C=O) groups excluding carboxylic acids is 1. The van der Waals surface area contributed by atoms with Crippen molar-refractivity contribution in [1.82, 2.24) is 5.32 Å². The average Bonchev–Trinajstić information content (AvgIpc) is 3.05. The van der Waals surface area contributed by atoms with Crippen LogP contribution in [-0.2, 0) is 4.79 Å². The lowest BCUT2D eigenvalue weighted by Gasteiger charge is -2.15. The molecule has 1 saturated carbocycles. The first-order valence-corrected chi connectivity index (χ1v) is 8.98. The van der Waals surface area contributed by atoms with E-state index in [1.807, 2.05) is 6.92 Å². The Morgan fingerprint density at radius 1 is 1.20 bits per heavy atom. The summed E-state index contributed by atoms with van der Waals surface area (Å²) < 4.78 is 11.3. The maximum atomic E-state index is 12.5. The van der Waals surface area contributed by atoms with Gasteiger partial charge in [-0.3, -0.25) is 9.59 Å². The molecule has 6 heteroatoms. The van der Waals surface area contributed by atoms with Crippen molar-refractivity contribution in [3.63, 3.8) is 0 Å². The fraction of sp³-hybridized carbons (Fsp3) is 0.579. The number of nitrogens with one attached hydrogen (secondary N) is 1.